The number of amides is 1. The molecule has 0 radical (unpaired) electrons. The van der Waals surface area contributed by atoms with Crippen LogP contribution in [0, 0.1) is 13.8 Å². The number of aryl methyl sites for hydroxylation is 3. The second kappa shape index (κ2) is 5.97. The first kappa shape index (κ1) is 14.3. The van der Waals surface area contributed by atoms with Crippen LogP contribution in [-0.4, -0.2) is 20.9 Å². The predicted octanol–water partition coefficient (Wildman–Crippen LogP) is 3.15. The third-order valence-corrected chi connectivity index (χ3v) is 3.68. The number of hydrogen-bond donors (Lipinski definition) is 2. The van der Waals surface area contributed by atoms with E-state index in [1.54, 1.807) is 12.3 Å². The van der Waals surface area contributed by atoms with E-state index >= 15 is 0 Å². The summed E-state index contributed by atoms with van der Waals surface area (Å²) in [5.41, 5.74) is 4.33. The Balaban J connectivity index is 1.66. The van der Waals surface area contributed by atoms with E-state index in [2.05, 4.69) is 39.3 Å². The minimum Gasteiger partial charge on any atom is -0.361 e. The highest BCUT2D eigenvalue weighted by Crippen LogP contribution is 2.22. The highest BCUT2D eigenvalue weighted by atomic mass is 16.1. The first-order valence-electron chi connectivity index (χ1n) is 7.28. The number of nitrogens with one attached hydrogen (secondary N) is 2. The maximum absolute atomic E-state index is 12.0. The Bertz CT molecular complexity index is 822. The van der Waals surface area contributed by atoms with Crippen LogP contribution in [0.2, 0.25) is 0 Å². The van der Waals surface area contributed by atoms with E-state index in [0.29, 0.717) is 18.8 Å². The van der Waals surface area contributed by atoms with E-state index in [1.165, 1.54) is 10.9 Å². The Morgan fingerprint density at radius 3 is 2.95 bits per heavy atom. The zero-order chi connectivity index (χ0) is 15.5. The first-order chi connectivity index (χ1) is 10.6. The predicted molar refractivity (Wildman–Crippen MR) is 86.8 cm³/mol. The molecule has 0 aliphatic rings. The number of benzene rings is 1. The second-order valence-electron chi connectivity index (χ2n) is 5.38. The number of fused-ring (bicyclic) bond motifs is 1. The summed E-state index contributed by atoms with van der Waals surface area (Å²) in [5, 5.41) is 3.91. The van der Waals surface area contributed by atoms with Gasteiger partial charge in [0.1, 0.15) is 0 Å². The molecule has 22 heavy (non-hydrogen) atoms. The molecule has 0 spiro atoms. The summed E-state index contributed by atoms with van der Waals surface area (Å²) in [6.45, 7) is 3.94. The smallest absolute Gasteiger partial charge is 0.229 e. The zero-order valence-corrected chi connectivity index (χ0v) is 12.7. The lowest BCUT2D eigenvalue weighted by atomic mass is 10.1. The molecule has 0 atom stereocenters. The number of para-hydroxylation sites is 1. The molecule has 0 aliphatic heterocycles. The van der Waals surface area contributed by atoms with Crippen LogP contribution in [0.1, 0.15) is 23.2 Å². The van der Waals surface area contributed by atoms with Gasteiger partial charge in [0.05, 0.1) is 0 Å². The van der Waals surface area contributed by atoms with Crippen LogP contribution in [0.25, 0.3) is 10.9 Å². The van der Waals surface area contributed by atoms with Crippen molar-refractivity contribution in [1.82, 2.24) is 15.0 Å². The average Bonchev–Trinajstić information content (AvgIpc) is 2.90. The molecule has 0 saturated carbocycles. The van der Waals surface area contributed by atoms with Gasteiger partial charge in [-0.2, -0.15) is 0 Å². The van der Waals surface area contributed by atoms with Crippen molar-refractivity contribution in [3.05, 3.63) is 53.5 Å². The molecule has 3 aromatic rings. The van der Waals surface area contributed by atoms with Crippen LogP contribution in [0.15, 0.2) is 36.7 Å². The topological polar surface area (TPSA) is 70.7 Å². The lowest BCUT2D eigenvalue weighted by molar-refractivity contribution is -0.116. The fourth-order valence-corrected chi connectivity index (χ4v) is 2.52. The van der Waals surface area contributed by atoms with E-state index in [1.807, 2.05) is 19.2 Å². The molecular formula is C17H18N4O. The summed E-state index contributed by atoms with van der Waals surface area (Å²) < 4.78 is 0. The largest absolute Gasteiger partial charge is 0.361 e. The molecular weight excluding hydrogens is 276 g/mol. The van der Waals surface area contributed by atoms with Gasteiger partial charge < -0.3 is 4.98 Å². The number of carbonyl (C=O) groups excluding carboxylic acids is 1. The Kier molecular flexibility index (Phi) is 3.87. The van der Waals surface area contributed by atoms with Crippen LogP contribution in [0.3, 0.4) is 0 Å². The fourth-order valence-electron chi connectivity index (χ4n) is 2.52. The quantitative estimate of drug-likeness (QED) is 0.776. The lowest BCUT2D eigenvalue weighted by Gasteiger charge is -2.04. The molecule has 0 aliphatic carbocycles. The molecule has 2 N–H and O–H groups in total. The summed E-state index contributed by atoms with van der Waals surface area (Å²) in [6.07, 6.45) is 4.70. The third kappa shape index (κ3) is 2.98. The first-order valence-corrected chi connectivity index (χ1v) is 7.28. The van der Waals surface area contributed by atoms with E-state index < -0.39 is 0 Å². The number of carbonyl (C=O) groups is 1. The van der Waals surface area contributed by atoms with Crippen LogP contribution in [-0.2, 0) is 11.2 Å². The van der Waals surface area contributed by atoms with Gasteiger partial charge in [0.2, 0.25) is 11.9 Å². The van der Waals surface area contributed by atoms with Crippen molar-refractivity contribution in [2.24, 2.45) is 0 Å². The summed E-state index contributed by atoms with van der Waals surface area (Å²) in [5.74, 6) is 0.285. The molecule has 0 unspecified atom stereocenters. The number of aromatic nitrogens is 3. The third-order valence-electron chi connectivity index (χ3n) is 3.68. The van der Waals surface area contributed by atoms with Gasteiger partial charge in [-0.05, 0) is 37.5 Å². The minimum absolute atomic E-state index is 0.0763. The molecule has 0 bridgehead atoms. The van der Waals surface area contributed by atoms with Gasteiger partial charge in [-0.3, -0.25) is 10.1 Å². The standard InChI is InChI=1S/C17H18N4O/c1-11-4-3-5-14-13(10-19-16(11)14)6-7-15(22)21-17-18-9-8-12(2)20-17/h3-5,8-10,19H,6-7H2,1-2H3,(H,18,20,21,22). The molecule has 0 fully saturated rings. The van der Waals surface area contributed by atoms with Gasteiger partial charge in [-0.1, -0.05) is 18.2 Å². The number of hydrogen-bond acceptors (Lipinski definition) is 3. The number of anilines is 1. The fraction of sp³-hybridized carbons (Fsp3) is 0.235. The van der Waals surface area contributed by atoms with Crippen LogP contribution < -0.4 is 5.32 Å². The Morgan fingerprint density at radius 2 is 2.14 bits per heavy atom. The van der Waals surface area contributed by atoms with Crippen molar-refractivity contribution in [1.29, 1.82) is 0 Å². The zero-order valence-electron chi connectivity index (χ0n) is 12.7. The van der Waals surface area contributed by atoms with Crippen molar-refractivity contribution < 1.29 is 4.79 Å². The highest BCUT2D eigenvalue weighted by molar-refractivity contribution is 5.90. The van der Waals surface area contributed by atoms with Gasteiger partial charge in [-0.25, -0.2) is 9.97 Å². The number of nitrogens with zero attached hydrogens (tertiary/aromatic N) is 2. The molecule has 1 aromatic carbocycles. The second-order valence-corrected chi connectivity index (χ2v) is 5.38. The number of aromatic amines is 1. The summed E-state index contributed by atoms with van der Waals surface area (Å²) in [7, 11) is 0. The highest BCUT2D eigenvalue weighted by Gasteiger charge is 2.09. The SMILES string of the molecule is Cc1ccnc(NC(=O)CCc2c[nH]c3c(C)cccc23)n1. The molecule has 5 heteroatoms. The van der Waals surface area contributed by atoms with E-state index in [-0.39, 0.29) is 5.91 Å². The van der Waals surface area contributed by atoms with Crippen LogP contribution in [0.5, 0.6) is 0 Å². The van der Waals surface area contributed by atoms with Gasteiger partial charge in [0.15, 0.2) is 0 Å². The average molecular weight is 294 g/mol. The molecule has 5 nitrogen and oxygen atoms in total. The Morgan fingerprint density at radius 1 is 1.27 bits per heavy atom. The molecule has 2 heterocycles. The molecule has 112 valence electrons. The molecule has 1 amide bonds. The van der Waals surface area contributed by atoms with E-state index in [0.717, 1.165) is 16.8 Å². The van der Waals surface area contributed by atoms with Crippen molar-refractivity contribution in [2.75, 3.05) is 5.32 Å². The van der Waals surface area contributed by atoms with Crippen molar-refractivity contribution in [3.8, 4) is 0 Å². The Labute approximate surface area is 128 Å². The Hall–Kier alpha value is -2.69. The molecule has 3 rings (SSSR count). The van der Waals surface area contributed by atoms with Gasteiger partial charge in [0, 0.05) is 35.4 Å². The van der Waals surface area contributed by atoms with E-state index in [4.69, 9.17) is 0 Å². The maximum atomic E-state index is 12.0. The number of H-pyrrole nitrogens is 1. The van der Waals surface area contributed by atoms with Crippen molar-refractivity contribution in [3.63, 3.8) is 0 Å². The van der Waals surface area contributed by atoms with Gasteiger partial charge in [-0.15, -0.1) is 0 Å². The maximum Gasteiger partial charge on any atom is 0.229 e. The molecule has 2 aromatic heterocycles. The molecule has 0 saturated heterocycles. The van der Waals surface area contributed by atoms with Gasteiger partial charge in [0.25, 0.3) is 0 Å². The lowest BCUT2D eigenvalue weighted by Crippen LogP contribution is -2.14. The van der Waals surface area contributed by atoms with Gasteiger partial charge >= 0.3 is 0 Å². The van der Waals surface area contributed by atoms with Crippen molar-refractivity contribution >= 4 is 22.8 Å². The van der Waals surface area contributed by atoms with Crippen LogP contribution >= 0.6 is 0 Å². The minimum atomic E-state index is -0.0763. The monoisotopic (exact) mass is 294 g/mol. The summed E-state index contributed by atoms with van der Waals surface area (Å²) in [6, 6.07) is 7.99. The normalized spacial score (nSPS) is 10.8. The van der Waals surface area contributed by atoms with E-state index in [9.17, 15) is 4.79 Å². The summed E-state index contributed by atoms with van der Waals surface area (Å²) in [4.78, 5) is 23.5. The van der Waals surface area contributed by atoms with Crippen LogP contribution in [0.4, 0.5) is 5.95 Å². The van der Waals surface area contributed by atoms with Crippen molar-refractivity contribution in [2.45, 2.75) is 26.7 Å². The number of rotatable bonds is 4. The summed E-state index contributed by atoms with van der Waals surface area (Å²) >= 11 is 0.